The van der Waals surface area contributed by atoms with Gasteiger partial charge in [-0.2, -0.15) is 9.13 Å². The number of anilines is 2. The van der Waals surface area contributed by atoms with Crippen molar-refractivity contribution in [2.45, 2.75) is 76.3 Å². The number of aromatic nitrogens is 2. The largest absolute Gasteiger partial charge is 0.744 e. The summed E-state index contributed by atoms with van der Waals surface area (Å²) in [6.45, 7) is 14.0. The first kappa shape index (κ1) is 48.5. The summed E-state index contributed by atoms with van der Waals surface area (Å²) in [5, 5.41) is 8.10. The lowest BCUT2D eigenvalue weighted by molar-refractivity contribution is -0.672. The fraction of sp³-hybridized carbons (Fsp3) is 0.200. The van der Waals surface area contributed by atoms with Crippen molar-refractivity contribution in [2.24, 2.45) is 0 Å². The number of rotatable bonds is 13. The Labute approximate surface area is 375 Å². The summed E-state index contributed by atoms with van der Waals surface area (Å²) in [4.78, 5) is 25.6. The van der Waals surface area contributed by atoms with Gasteiger partial charge in [0.1, 0.15) is 33.3 Å². The molecule has 2 heterocycles. The van der Waals surface area contributed by atoms with Gasteiger partial charge in [-0.25, -0.2) is 16.8 Å². The molecule has 12 nitrogen and oxygen atoms in total. The van der Waals surface area contributed by atoms with Crippen LogP contribution in [-0.4, -0.2) is 37.8 Å². The summed E-state index contributed by atoms with van der Waals surface area (Å²) in [6.07, 6.45) is 8.69. The van der Waals surface area contributed by atoms with Gasteiger partial charge in [0.25, 0.3) is 11.8 Å². The van der Waals surface area contributed by atoms with Crippen LogP contribution in [0.5, 0.6) is 0 Å². The Kier molecular flexibility index (Phi) is 16.8. The molecule has 0 saturated heterocycles. The number of unbranched alkanes of at least 4 members (excludes halogenated alkanes) is 2. The SMILES string of the molecule is C=C(C(=O)Nc1ccc2c(ccc[n+]2CCCC)c1)c1ccc(C(=O)Nc2ccc3c(ccc[n+]3CCCC)c2)cc1.Cc1ccc(S(=O)(=O)[O-])cc1.Cc1ccc(S(=O)(=O)[O-])cc1. The Morgan fingerprint density at radius 2 is 0.969 bits per heavy atom. The highest BCUT2D eigenvalue weighted by molar-refractivity contribution is 7.86. The van der Waals surface area contributed by atoms with Gasteiger partial charge in [0.05, 0.1) is 9.79 Å². The first-order valence-corrected chi connectivity index (χ1v) is 23.6. The number of nitrogens with one attached hydrogen (secondary N) is 2. The molecule has 5 aromatic carbocycles. The zero-order valence-electron chi connectivity index (χ0n) is 36.3. The number of pyridine rings is 2. The van der Waals surface area contributed by atoms with Gasteiger partial charge in [-0.05, 0) is 92.2 Å². The highest BCUT2D eigenvalue weighted by Crippen LogP contribution is 2.22. The molecule has 2 N–H and O–H groups in total. The second kappa shape index (κ2) is 22.2. The molecule has 7 rings (SSSR count). The van der Waals surface area contributed by atoms with E-state index in [9.17, 15) is 35.5 Å². The molecule has 2 aromatic heterocycles. The van der Waals surface area contributed by atoms with Gasteiger partial charge < -0.3 is 19.7 Å². The van der Waals surface area contributed by atoms with Crippen LogP contribution >= 0.6 is 0 Å². The van der Waals surface area contributed by atoms with E-state index in [1.165, 1.54) is 24.3 Å². The molecule has 7 aromatic rings. The molecule has 2 amide bonds. The average Bonchev–Trinajstić information content (AvgIpc) is 3.27. The number of carbonyl (C=O) groups is 2. The third-order valence-electron chi connectivity index (χ3n) is 10.2. The number of nitrogens with zero attached hydrogens (tertiary/aromatic N) is 2. The van der Waals surface area contributed by atoms with Gasteiger partial charge in [-0.3, -0.25) is 9.59 Å². The topological polar surface area (TPSA) is 180 Å². The summed E-state index contributed by atoms with van der Waals surface area (Å²) in [6, 6.07) is 38.6. The van der Waals surface area contributed by atoms with E-state index in [4.69, 9.17) is 0 Å². The van der Waals surface area contributed by atoms with E-state index in [1.807, 2.05) is 68.4 Å². The van der Waals surface area contributed by atoms with Crippen LogP contribution in [0, 0.1) is 13.8 Å². The quantitative estimate of drug-likeness (QED) is 0.0654. The van der Waals surface area contributed by atoms with Crippen LogP contribution in [0.2, 0.25) is 0 Å². The molecule has 64 heavy (non-hydrogen) atoms. The molecule has 0 bridgehead atoms. The Hall–Kier alpha value is -6.58. The van der Waals surface area contributed by atoms with E-state index >= 15 is 0 Å². The maximum absolute atomic E-state index is 13.0. The van der Waals surface area contributed by atoms with Crippen LogP contribution in [0.4, 0.5) is 11.4 Å². The lowest BCUT2D eigenvalue weighted by Crippen LogP contribution is -2.33. The van der Waals surface area contributed by atoms with E-state index in [0.717, 1.165) is 77.4 Å². The third kappa shape index (κ3) is 13.7. The normalized spacial score (nSPS) is 11.2. The summed E-state index contributed by atoms with van der Waals surface area (Å²) in [5.74, 6) is -0.494. The van der Waals surface area contributed by atoms with Crippen molar-refractivity contribution in [3.63, 3.8) is 0 Å². The van der Waals surface area contributed by atoms with Crippen molar-refractivity contribution in [2.75, 3.05) is 10.6 Å². The molecule has 0 spiro atoms. The van der Waals surface area contributed by atoms with E-state index in [2.05, 4.69) is 58.7 Å². The fourth-order valence-electron chi connectivity index (χ4n) is 6.54. The molecule has 0 radical (unpaired) electrons. The first-order chi connectivity index (χ1) is 30.5. The van der Waals surface area contributed by atoms with Crippen LogP contribution in [0.15, 0.2) is 162 Å². The van der Waals surface area contributed by atoms with Crippen LogP contribution in [0.1, 0.15) is 66.6 Å². The van der Waals surface area contributed by atoms with Gasteiger partial charge in [-0.1, -0.05) is 80.8 Å². The van der Waals surface area contributed by atoms with Crippen molar-refractivity contribution in [1.29, 1.82) is 0 Å². The maximum atomic E-state index is 13.0. The minimum absolute atomic E-state index is 0.178. The Morgan fingerprint density at radius 1 is 0.562 bits per heavy atom. The van der Waals surface area contributed by atoms with Crippen molar-refractivity contribution >= 4 is 70.8 Å². The monoisotopic (exact) mass is 900 g/mol. The summed E-state index contributed by atoms with van der Waals surface area (Å²) in [7, 11) is -8.54. The number of carbonyl (C=O) groups excluding carboxylic acids is 2. The van der Waals surface area contributed by atoms with Crippen molar-refractivity contribution in [3.8, 4) is 0 Å². The van der Waals surface area contributed by atoms with Crippen LogP contribution < -0.4 is 19.8 Å². The van der Waals surface area contributed by atoms with Crippen molar-refractivity contribution in [1.82, 2.24) is 0 Å². The minimum Gasteiger partial charge on any atom is -0.744 e. The molecular weight excluding hydrogens is 849 g/mol. The summed E-state index contributed by atoms with van der Waals surface area (Å²) < 4.78 is 66.8. The van der Waals surface area contributed by atoms with Crippen molar-refractivity contribution in [3.05, 3.63) is 175 Å². The number of amides is 2. The predicted molar refractivity (Wildman–Crippen MR) is 248 cm³/mol. The second-order valence-corrected chi connectivity index (χ2v) is 17.9. The molecule has 0 aliphatic carbocycles. The number of hydrogen-bond acceptors (Lipinski definition) is 8. The summed E-state index contributed by atoms with van der Waals surface area (Å²) >= 11 is 0. The standard InChI is InChI=1S/C36H36N4O2.2C7H8O3S/c1-4-6-20-39-22-8-10-29-24-31(16-18-33(29)39)37-35(41)26(3)27-12-14-28(15-13-27)36(42)38-32-17-19-34-30(25-32)11-9-23-40(34)21-7-5-2;2*1-6-2-4-7(5-3-6)11(8,9)10/h8-19,22-25H,3-7,20-21H2,1-2H3;2*2-5H,1H3,(H,8,9,10). The highest BCUT2D eigenvalue weighted by Gasteiger charge is 2.15. The Bertz CT molecular complexity index is 2900. The molecule has 332 valence electrons. The van der Waals surface area contributed by atoms with Crippen LogP contribution in [-0.2, 0) is 38.1 Å². The number of aryl methyl sites for hydroxylation is 4. The molecule has 0 unspecified atom stereocenters. The van der Waals surface area contributed by atoms with Gasteiger partial charge in [0.15, 0.2) is 12.4 Å². The third-order valence-corrected chi connectivity index (χ3v) is 11.9. The van der Waals surface area contributed by atoms with Gasteiger partial charge >= 0.3 is 0 Å². The number of fused-ring (bicyclic) bond motifs is 2. The van der Waals surface area contributed by atoms with Crippen LogP contribution in [0.25, 0.3) is 27.4 Å². The second-order valence-electron chi connectivity index (χ2n) is 15.2. The van der Waals surface area contributed by atoms with E-state index < -0.39 is 20.2 Å². The molecule has 0 saturated carbocycles. The molecule has 0 fully saturated rings. The zero-order valence-corrected chi connectivity index (χ0v) is 37.9. The minimum atomic E-state index is -4.27. The lowest BCUT2D eigenvalue weighted by atomic mass is 10.0. The molecule has 14 heteroatoms. The van der Waals surface area contributed by atoms with Crippen LogP contribution in [0.3, 0.4) is 0 Å². The maximum Gasteiger partial charge on any atom is 0.255 e. The first-order valence-electron chi connectivity index (χ1n) is 20.8. The predicted octanol–water partition coefficient (Wildman–Crippen LogP) is 8.87. The number of benzene rings is 5. The lowest BCUT2D eigenvalue weighted by Gasteiger charge is -2.10. The Morgan fingerprint density at radius 3 is 1.38 bits per heavy atom. The van der Waals surface area contributed by atoms with E-state index in [1.54, 1.807) is 48.5 Å². The summed E-state index contributed by atoms with van der Waals surface area (Å²) in [5.41, 5.74) is 7.08. The fourth-order valence-corrected chi connectivity index (χ4v) is 7.48. The van der Waals surface area contributed by atoms with E-state index in [0.29, 0.717) is 22.4 Å². The van der Waals surface area contributed by atoms with Gasteiger partial charge in [-0.15, -0.1) is 0 Å². The molecule has 0 atom stereocenters. The Balaban J connectivity index is 0.000000284. The molecule has 0 aliphatic rings. The molecule has 0 aliphatic heterocycles. The average molecular weight is 901 g/mol. The van der Waals surface area contributed by atoms with Gasteiger partial charge in [0, 0.05) is 70.4 Å². The highest BCUT2D eigenvalue weighted by atomic mass is 32.2. The molecular formula is C50H52N4O8S2. The van der Waals surface area contributed by atoms with E-state index in [-0.39, 0.29) is 21.6 Å². The van der Waals surface area contributed by atoms with Crippen molar-refractivity contribution < 1.29 is 44.7 Å². The van der Waals surface area contributed by atoms with Gasteiger partial charge in [0.2, 0.25) is 11.0 Å². The number of hydrogen-bond donors (Lipinski definition) is 2. The zero-order chi connectivity index (χ0) is 46.4. The smallest absolute Gasteiger partial charge is 0.255 e.